The van der Waals surface area contributed by atoms with Gasteiger partial charge in [-0.25, -0.2) is 0 Å². The number of carbonyl (C=O) groups excluding carboxylic acids is 1. The van der Waals surface area contributed by atoms with Gasteiger partial charge in [-0.3, -0.25) is 9.78 Å². The molecule has 4 rings (SSSR count). The van der Waals surface area contributed by atoms with Gasteiger partial charge in [0, 0.05) is 31.6 Å². The molecule has 0 bridgehead atoms. The first-order valence-electron chi connectivity index (χ1n) is 10.9. The second-order valence-corrected chi connectivity index (χ2v) is 8.15. The zero-order valence-electron chi connectivity index (χ0n) is 17.6. The van der Waals surface area contributed by atoms with Gasteiger partial charge in [-0.15, -0.1) is 0 Å². The summed E-state index contributed by atoms with van der Waals surface area (Å²) < 4.78 is 11.8. The molecule has 1 aromatic carbocycles. The normalized spacial score (nSPS) is 18.1. The van der Waals surface area contributed by atoms with Crippen molar-refractivity contribution in [1.29, 1.82) is 0 Å². The average Bonchev–Trinajstić information content (AvgIpc) is 3.31. The molecule has 2 heterocycles. The topological polar surface area (TPSA) is 51.7 Å². The number of methoxy groups -OCH3 is 1. The molecule has 0 N–H and O–H groups in total. The molecule has 1 aliphatic carbocycles. The molecule has 2 aliphatic rings. The summed E-state index contributed by atoms with van der Waals surface area (Å²) in [7, 11) is 1.69. The van der Waals surface area contributed by atoms with Crippen molar-refractivity contribution in [2.24, 2.45) is 0 Å². The van der Waals surface area contributed by atoms with E-state index in [2.05, 4.69) is 17.1 Å². The standard InChI is InChI=1S/C25H30N2O3/c1-29-23-10-9-21(17-24(23)30-22-6-2-3-7-22)20-12-15-27(16-13-20)25(28)11-8-19-5-4-14-26-18-19/h4-5,8-11,14,17-18,20,22H,2-3,6-7,12-13,15-16H2,1H3/b11-8+. The van der Waals surface area contributed by atoms with Crippen molar-refractivity contribution in [3.8, 4) is 11.5 Å². The lowest BCUT2D eigenvalue weighted by molar-refractivity contribution is -0.126. The lowest BCUT2D eigenvalue weighted by atomic mass is 9.89. The van der Waals surface area contributed by atoms with Gasteiger partial charge in [0.05, 0.1) is 13.2 Å². The van der Waals surface area contributed by atoms with Crippen LogP contribution in [-0.2, 0) is 4.79 Å². The molecule has 2 fully saturated rings. The van der Waals surface area contributed by atoms with E-state index in [0.717, 1.165) is 55.8 Å². The largest absolute Gasteiger partial charge is 0.493 e. The van der Waals surface area contributed by atoms with E-state index in [-0.39, 0.29) is 5.91 Å². The summed E-state index contributed by atoms with van der Waals surface area (Å²) in [5, 5.41) is 0. The number of carbonyl (C=O) groups is 1. The van der Waals surface area contributed by atoms with E-state index in [1.807, 2.05) is 29.2 Å². The molecule has 1 saturated carbocycles. The van der Waals surface area contributed by atoms with Crippen LogP contribution in [-0.4, -0.2) is 42.1 Å². The molecule has 1 aliphatic heterocycles. The number of likely N-dealkylation sites (tertiary alicyclic amines) is 1. The van der Waals surface area contributed by atoms with E-state index in [1.165, 1.54) is 18.4 Å². The molecule has 158 valence electrons. The monoisotopic (exact) mass is 406 g/mol. The van der Waals surface area contributed by atoms with Crippen molar-refractivity contribution in [3.63, 3.8) is 0 Å². The van der Waals surface area contributed by atoms with Gasteiger partial charge in [0.25, 0.3) is 0 Å². The number of nitrogens with zero attached hydrogens (tertiary/aromatic N) is 2. The van der Waals surface area contributed by atoms with E-state index < -0.39 is 0 Å². The Labute approximate surface area is 178 Å². The van der Waals surface area contributed by atoms with Crippen molar-refractivity contribution < 1.29 is 14.3 Å². The van der Waals surface area contributed by atoms with E-state index >= 15 is 0 Å². The predicted octanol–water partition coefficient (Wildman–Crippen LogP) is 4.83. The smallest absolute Gasteiger partial charge is 0.246 e. The minimum Gasteiger partial charge on any atom is -0.493 e. The van der Waals surface area contributed by atoms with Gasteiger partial charge in [-0.1, -0.05) is 12.1 Å². The van der Waals surface area contributed by atoms with Gasteiger partial charge in [-0.05, 0) is 79.8 Å². The third kappa shape index (κ3) is 5.02. The third-order valence-electron chi connectivity index (χ3n) is 6.16. The summed E-state index contributed by atoms with van der Waals surface area (Å²) in [4.78, 5) is 18.5. The fourth-order valence-corrected chi connectivity index (χ4v) is 4.41. The summed E-state index contributed by atoms with van der Waals surface area (Å²) in [5.41, 5.74) is 2.22. The van der Waals surface area contributed by atoms with Gasteiger partial charge < -0.3 is 14.4 Å². The highest BCUT2D eigenvalue weighted by molar-refractivity contribution is 5.91. The number of amides is 1. The Morgan fingerprint density at radius 2 is 1.90 bits per heavy atom. The predicted molar refractivity (Wildman–Crippen MR) is 118 cm³/mol. The zero-order chi connectivity index (χ0) is 20.8. The Hall–Kier alpha value is -2.82. The molecule has 1 saturated heterocycles. The second kappa shape index (κ2) is 9.79. The van der Waals surface area contributed by atoms with Crippen LogP contribution in [0.25, 0.3) is 6.08 Å². The van der Waals surface area contributed by atoms with Gasteiger partial charge in [0.2, 0.25) is 5.91 Å². The lowest BCUT2D eigenvalue weighted by Gasteiger charge is -2.32. The first-order chi connectivity index (χ1) is 14.7. The Morgan fingerprint density at radius 1 is 1.10 bits per heavy atom. The minimum atomic E-state index is 0.0669. The minimum absolute atomic E-state index is 0.0669. The molecular weight excluding hydrogens is 376 g/mol. The summed E-state index contributed by atoms with van der Waals surface area (Å²) in [5.74, 6) is 2.17. The van der Waals surface area contributed by atoms with Crippen LogP contribution in [0.1, 0.15) is 55.6 Å². The van der Waals surface area contributed by atoms with Crippen LogP contribution in [0.4, 0.5) is 0 Å². The molecule has 1 amide bonds. The Balaban J connectivity index is 1.36. The first-order valence-corrected chi connectivity index (χ1v) is 10.9. The fourth-order valence-electron chi connectivity index (χ4n) is 4.41. The molecular formula is C25H30N2O3. The van der Waals surface area contributed by atoms with Gasteiger partial charge in [0.15, 0.2) is 11.5 Å². The van der Waals surface area contributed by atoms with Crippen LogP contribution in [0.2, 0.25) is 0 Å². The third-order valence-corrected chi connectivity index (χ3v) is 6.16. The summed E-state index contributed by atoms with van der Waals surface area (Å²) in [6.07, 6.45) is 13.9. The molecule has 0 unspecified atom stereocenters. The van der Waals surface area contributed by atoms with Crippen molar-refractivity contribution >= 4 is 12.0 Å². The van der Waals surface area contributed by atoms with E-state index in [1.54, 1.807) is 25.6 Å². The van der Waals surface area contributed by atoms with Crippen LogP contribution < -0.4 is 9.47 Å². The maximum Gasteiger partial charge on any atom is 0.246 e. The number of pyridine rings is 1. The van der Waals surface area contributed by atoms with Crippen LogP contribution in [0.15, 0.2) is 48.8 Å². The molecule has 5 heteroatoms. The number of rotatable bonds is 6. The van der Waals surface area contributed by atoms with Crippen molar-refractivity contribution in [2.75, 3.05) is 20.2 Å². The Kier molecular flexibility index (Phi) is 6.67. The van der Waals surface area contributed by atoms with Gasteiger partial charge in [-0.2, -0.15) is 0 Å². The number of piperidine rings is 1. The van der Waals surface area contributed by atoms with Gasteiger partial charge >= 0.3 is 0 Å². The Morgan fingerprint density at radius 3 is 2.60 bits per heavy atom. The van der Waals surface area contributed by atoms with E-state index in [4.69, 9.17) is 9.47 Å². The maximum absolute atomic E-state index is 12.5. The molecule has 1 aromatic heterocycles. The summed E-state index contributed by atoms with van der Waals surface area (Å²) >= 11 is 0. The van der Waals surface area contributed by atoms with Crippen molar-refractivity contribution in [1.82, 2.24) is 9.88 Å². The van der Waals surface area contributed by atoms with E-state index in [0.29, 0.717) is 12.0 Å². The number of ether oxygens (including phenoxy) is 2. The number of benzene rings is 1. The van der Waals surface area contributed by atoms with Crippen molar-refractivity contribution in [2.45, 2.75) is 50.5 Å². The fraction of sp³-hybridized carbons (Fsp3) is 0.440. The van der Waals surface area contributed by atoms with Crippen LogP contribution in [0, 0.1) is 0 Å². The van der Waals surface area contributed by atoms with Crippen LogP contribution >= 0.6 is 0 Å². The highest BCUT2D eigenvalue weighted by Crippen LogP contribution is 2.37. The van der Waals surface area contributed by atoms with Crippen LogP contribution in [0.5, 0.6) is 11.5 Å². The maximum atomic E-state index is 12.5. The van der Waals surface area contributed by atoms with E-state index in [9.17, 15) is 4.79 Å². The van der Waals surface area contributed by atoms with Crippen molar-refractivity contribution in [3.05, 3.63) is 59.9 Å². The molecule has 0 atom stereocenters. The lowest BCUT2D eigenvalue weighted by Crippen LogP contribution is -2.36. The SMILES string of the molecule is COc1ccc(C2CCN(C(=O)/C=C/c3cccnc3)CC2)cc1OC1CCCC1. The average molecular weight is 407 g/mol. The first kappa shape index (κ1) is 20.5. The number of aromatic nitrogens is 1. The zero-order valence-corrected chi connectivity index (χ0v) is 17.6. The highest BCUT2D eigenvalue weighted by Gasteiger charge is 2.24. The molecule has 2 aromatic rings. The summed E-state index contributed by atoms with van der Waals surface area (Å²) in [6, 6.07) is 10.1. The molecule has 0 radical (unpaired) electrons. The highest BCUT2D eigenvalue weighted by atomic mass is 16.5. The number of hydrogen-bond acceptors (Lipinski definition) is 4. The van der Waals surface area contributed by atoms with Gasteiger partial charge in [0.1, 0.15) is 0 Å². The molecule has 0 spiro atoms. The van der Waals surface area contributed by atoms with Crippen LogP contribution in [0.3, 0.4) is 0 Å². The Bertz CT molecular complexity index is 867. The summed E-state index contributed by atoms with van der Waals surface area (Å²) in [6.45, 7) is 1.54. The quantitative estimate of drug-likeness (QED) is 0.645. The second-order valence-electron chi connectivity index (χ2n) is 8.15. The number of hydrogen-bond donors (Lipinski definition) is 0. The molecule has 5 nitrogen and oxygen atoms in total. The molecule has 30 heavy (non-hydrogen) atoms.